The zero-order valence-electron chi connectivity index (χ0n) is 24.3. The first kappa shape index (κ1) is 32.0. The number of carbonyl (C=O) groups is 1. The second-order valence-electron chi connectivity index (χ2n) is 9.80. The minimum absolute atomic E-state index is 0.200. The second kappa shape index (κ2) is 14.8. The van der Waals surface area contributed by atoms with Gasteiger partial charge in [-0.3, -0.25) is 4.79 Å². The monoisotopic (exact) mass is 542 g/mol. The first-order chi connectivity index (χ1) is 19.0. The van der Waals surface area contributed by atoms with Gasteiger partial charge in [0.05, 0.1) is 5.41 Å². The van der Waals surface area contributed by atoms with E-state index in [1.807, 2.05) is 52.8 Å². The highest BCUT2D eigenvalue weighted by Crippen LogP contribution is 2.41. The molecule has 0 aliphatic carbocycles. The van der Waals surface area contributed by atoms with Crippen LogP contribution in [0.25, 0.3) is 16.5 Å². The van der Waals surface area contributed by atoms with Gasteiger partial charge in [-0.05, 0) is 71.6 Å². The predicted molar refractivity (Wildman–Crippen MR) is 165 cm³/mol. The van der Waals surface area contributed by atoms with Crippen molar-refractivity contribution in [2.75, 3.05) is 0 Å². The summed E-state index contributed by atoms with van der Waals surface area (Å²) in [5.74, 6) is -1.26. The third-order valence-electron chi connectivity index (χ3n) is 6.43. The quantitative estimate of drug-likeness (QED) is 0.255. The maximum absolute atomic E-state index is 13.3. The zero-order chi connectivity index (χ0) is 29.9. The largest absolute Gasteiger partial charge is 0.399 e. The van der Waals surface area contributed by atoms with Crippen molar-refractivity contribution in [2.45, 2.75) is 47.5 Å². The smallest absolute Gasteiger partial charge is 0.230 e. The average Bonchev–Trinajstić information content (AvgIpc) is 2.95. The van der Waals surface area contributed by atoms with Gasteiger partial charge in [-0.15, -0.1) is 0 Å². The van der Waals surface area contributed by atoms with Crippen molar-refractivity contribution in [2.24, 2.45) is 11.1 Å². The number of nitrogens with one attached hydrogen (secondary N) is 1. The highest BCUT2D eigenvalue weighted by molar-refractivity contribution is 5.86. The molecule has 5 heteroatoms. The van der Waals surface area contributed by atoms with E-state index in [0.717, 1.165) is 22.4 Å². The summed E-state index contributed by atoms with van der Waals surface area (Å²) >= 11 is 0. The van der Waals surface area contributed by atoms with E-state index in [1.165, 1.54) is 35.0 Å². The van der Waals surface area contributed by atoms with Crippen molar-refractivity contribution in [3.05, 3.63) is 138 Å². The Balaban J connectivity index is 0.000000296. The van der Waals surface area contributed by atoms with Gasteiger partial charge in [0, 0.05) is 17.3 Å². The van der Waals surface area contributed by atoms with E-state index >= 15 is 0 Å². The minimum Gasteiger partial charge on any atom is -0.399 e. The Bertz CT molecular complexity index is 1390. The van der Waals surface area contributed by atoms with E-state index < -0.39 is 5.41 Å². The molecule has 0 aliphatic heterocycles. The van der Waals surface area contributed by atoms with Gasteiger partial charge in [-0.25, -0.2) is 8.78 Å². The highest BCUT2D eigenvalue weighted by atomic mass is 19.1. The van der Waals surface area contributed by atoms with E-state index in [1.54, 1.807) is 31.2 Å². The molecule has 4 aromatic rings. The Morgan fingerprint density at radius 2 is 1.32 bits per heavy atom. The average molecular weight is 543 g/mol. The number of hydrogen-bond acceptors (Lipinski definition) is 2. The molecule has 3 nitrogen and oxygen atoms in total. The predicted octanol–water partition coefficient (Wildman–Crippen LogP) is 8.96. The zero-order valence-corrected chi connectivity index (χ0v) is 24.3. The molecule has 0 spiro atoms. The number of amides is 1. The molecule has 0 saturated carbocycles. The van der Waals surface area contributed by atoms with E-state index in [9.17, 15) is 13.6 Å². The van der Waals surface area contributed by atoms with Gasteiger partial charge >= 0.3 is 0 Å². The van der Waals surface area contributed by atoms with Gasteiger partial charge in [0.25, 0.3) is 0 Å². The number of halogens is 2. The fourth-order valence-corrected chi connectivity index (χ4v) is 4.36. The molecule has 4 aromatic carbocycles. The van der Waals surface area contributed by atoms with Crippen LogP contribution in [-0.2, 0) is 4.79 Å². The summed E-state index contributed by atoms with van der Waals surface area (Å²) < 4.78 is 26.6. The van der Waals surface area contributed by atoms with Crippen molar-refractivity contribution in [3.8, 4) is 0 Å². The molecule has 0 fully saturated rings. The van der Waals surface area contributed by atoms with Gasteiger partial charge in [0.1, 0.15) is 11.6 Å². The topological polar surface area (TPSA) is 55.1 Å². The fourth-order valence-electron chi connectivity index (χ4n) is 4.36. The Labute approximate surface area is 237 Å². The van der Waals surface area contributed by atoms with Crippen LogP contribution >= 0.6 is 0 Å². The molecule has 1 amide bonds. The normalized spacial score (nSPS) is 11.2. The molecule has 0 radical (unpaired) electrons. The minimum atomic E-state index is -0.853. The molecule has 0 atom stereocenters. The first-order valence-corrected chi connectivity index (χ1v) is 13.4. The lowest BCUT2D eigenvalue weighted by molar-refractivity contribution is -0.129. The Hall–Kier alpha value is -4.25. The molecule has 210 valence electrons. The molecule has 3 N–H and O–H groups in total. The number of nitrogens with two attached hydrogens (primary N) is 1. The molecule has 0 unspecified atom stereocenters. The Kier molecular flexibility index (Phi) is 11.8. The summed E-state index contributed by atoms with van der Waals surface area (Å²) in [7, 11) is 0. The van der Waals surface area contributed by atoms with E-state index in [4.69, 9.17) is 5.73 Å². The number of hydrogen-bond donors (Lipinski definition) is 2. The maximum atomic E-state index is 13.3. The van der Waals surface area contributed by atoms with E-state index in [2.05, 4.69) is 42.2 Å². The number of carbonyl (C=O) groups excluding carboxylic acids is 1. The van der Waals surface area contributed by atoms with Crippen LogP contribution in [0.2, 0.25) is 0 Å². The number of allylic oxidation sites excluding steroid dienone is 2. The van der Waals surface area contributed by atoms with Crippen molar-refractivity contribution in [1.29, 1.82) is 0 Å². The van der Waals surface area contributed by atoms with Crippen LogP contribution in [0.1, 0.15) is 64.2 Å². The molecule has 4 rings (SSSR count). The van der Waals surface area contributed by atoms with Crippen molar-refractivity contribution >= 4 is 22.4 Å². The summed E-state index contributed by atoms with van der Waals surface area (Å²) in [6, 6.07) is 26.6. The van der Waals surface area contributed by atoms with Crippen LogP contribution in [0, 0.1) is 17.0 Å². The lowest BCUT2D eigenvalue weighted by Crippen LogP contribution is -2.40. The van der Waals surface area contributed by atoms with Gasteiger partial charge in [0.2, 0.25) is 5.91 Å². The highest BCUT2D eigenvalue weighted by Gasteiger charge is 2.38. The Morgan fingerprint density at radius 1 is 0.850 bits per heavy atom. The molecular weight excluding hydrogens is 502 g/mol. The van der Waals surface area contributed by atoms with Crippen molar-refractivity contribution in [1.82, 2.24) is 5.32 Å². The van der Waals surface area contributed by atoms with Crippen LogP contribution in [0.3, 0.4) is 0 Å². The van der Waals surface area contributed by atoms with Gasteiger partial charge in [-0.2, -0.15) is 0 Å². The molecule has 0 aliphatic rings. The fraction of sp³-hybridized carbons (Fsp3) is 0.229. The summed E-state index contributed by atoms with van der Waals surface area (Å²) in [5, 5.41) is 5.23. The van der Waals surface area contributed by atoms with Crippen LogP contribution in [0.15, 0.2) is 109 Å². The van der Waals surface area contributed by atoms with Gasteiger partial charge in [0.15, 0.2) is 0 Å². The molecule has 0 saturated heterocycles. The summed E-state index contributed by atoms with van der Waals surface area (Å²) in [5.41, 5.74) is 9.02. The van der Waals surface area contributed by atoms with Crippen LogP contribution in [0.5, 0.6) is 0 Å². The third kappa shape index (κ3) is 8.37. The van der Waals surface area contributed by atoms with Crippen molar-refractivity contribution < 1.29 is 13.6 Å². The lowest BCUT2D eigenvalue weighted by atomic mass is 9.70. The van der Waals surface area contributed by atoms with Gasteiger partial charge < -0.3 is 11.1 Å². The van der Waals surface area contributed by atoms with Crippen LogP contribution in [0.4, 0.5) is 8.78 Å². The van der Waals surface area contributed by atoms with Crippen LogP contribution < -0.4 is 11.1 Å². The third-order valence-corrected chi connectivity index (χ3v) is 6.43. The maximum Gasteiger partial charge on any atom is 0.230 e. The SMILES string of the molecule is C/C=C(\N)c1ccc2ccccc2c1.C=C(C)NC(=O)C(C)(C)C(c1ccc(F)cc1)c1ccc(F)cc1.CC. The van der Waals surface area contributed by atoms with Crippen LogP contribution in [-0.4, -0.2) is 5.91 Å². The second-order valence-corrected chi connectivity index (χ2v) is 9.80. The molecular formula is C35H40F2N2O. The summed E-state index contributed by atoms with van der Waals surface area (Å²) in [6.45, 7) is 15.0. The molecule has 0 aromatic heterocycles. The van der Waals surface area contributed by atoms with E-state index in [-0.39, 0.29) is 23.5 Å². The molecule has 0 bridgehead atoms. The number of rotatable bonds is 6. The number of benzene rings is 4. The first-order valence-electron chi connectivity index (χ1n) is 13.4. The number of fused-ring (bicyclic) bond motifs is 1. The van der Waals surface area contributed by atoms with E-state index in [0.29, 0.717) is 5.70 Å². The Morgan fingerprint density at radius 3 is 1.77 bits per heavy atom. The molecule has 0 heterocycles. The summed E-state index contributed by atoms with van der Waals surface area (Å²) in [6.07, 6.45) is 1.92. The molecule has 40 heavy (non-hydrogen) atoms. The summed E-state index contributed by atoms with van der Waals surface area (Å²) in [4.78, 5) is 12.7. The van der Waals surface area contributed by atoms with Crippen molar-refractivity contribution in [3.63, 3.8) is 0 Å². The standard InChI is InChI=1S/C20H21F2NO.C13H13N.C2H6/c1-13(2)23-19(24)20(3,4)18(14-5-9-16(21)10-6-14)15-7-11-17(22)12-8-15;1-2-13(14)12-8-7-10-5-3-4-6-11(10)9-12;1-2/h5-12,18H,1H2,2-4H3,(H,23,24);2-9H,14H2,1H3;1-2H3/b;13-2-;. The van der Waals surface area contributed by atoms with Gasteiger partial charge in [-0.1, -0.05) is 101 Å². The lowest BCUT2D eigenvalue weighted by Gasteiger charge is -2.34.